The number of amides is 1. The molecule has 4 heteroatoms. The van der Waals surface area contributed by atoms with E-state index in [1.165, 1.54) is 25.7 Å². The van der Waals surface area contributed by atoms with Crippen molar-refractivity contribution in [2.75, 3.05) is 39.4 Å². The predicted molar refractivity (Wildman–Crippen MR) is 66.8 cm³/mol. The number of carbonyl (C=O) groups excluding carboxylic acids is 1. The minimum absolute atomic E-state index is 0.251. The lowest BCUT2D eigenvalue weighted by atomic mass is 10.4. The van der Waals surface area contributed by atoms with Crippen LogP contribution in [0.4, 0.5) is 0 Å². The normalized spacial score (nSPS) is 19.9. The van der Waals surface area contributed by atoms with E-state index in [0.717, 1.165) is 45.2 Å². The van der Waals surface area contributed by atoms with Gasteiger partial charge in [-0.1, -0.05) is 0 Å². The molecule has 1 N–H and O–H groups in total. The van der Waals surface area contributed by atoms with E-state index >= 15 is 0 Å². The Morgan fingerprint density at radius 2 is 2.06 bits per heavy atom. The summed E-state index contributed by atoms with van der Waals surface area (Å²) in [7, 11) is 0. The Bertz CT molecular complexity index is 236. The zero-order chi connectivity index (χ0) is 11.9. The van der Waals surface area contributed by atoms with Crippen LogP contribution in [-0.2, 0) is 9.53 Å². The van der Waals surface area contributed by atoms with E-state index in [2.05, 4.69) is 5.32 Å². The summed E-state index contributed by atoms with van der Waals surface area (Å²) < 4.78 is 5.53. The van der Waals surface area contributed by atoms with E-state index < -0.39 is 0 Å². The molecule has 1 aliphatic heterocycles. The Balaban J connectivity index is 1.38. The number of ether oxygens (including phenoxy) is 1. The first kappa shape index (κ1) is 12.8. The highest BCUT2D eigenvalue weighted by atomic mass is 16.5. The molecule has 1 heterocycles. The molecule has 1 amide bonds. The van der Waals surface area contributed by atoms with Crippen LogP contribution in [-0.4, -0.2) is 50.2 Å². The van der Waals surface area contributed by atoms with Crippen LogP contribution in [0, 0.1) is 5.92 Å². The summed E-state index contributed by atoms with van der Waals surface area (Å²) >= 11 is 0. The third-order valence-corrected chi connectivity index (χ3v) is 3.43. The lowest BCUT2D eigenvalue weighted by Gasteiger charge is -2.15. The minimum Gasteiger partial charge on any atom is -0.381 e. The Kier molecular flexibility index (Phi) is 5.26. The van der Waals surface area contributed by atoms with Gasteiger partial charge in [0, 0.05) is 26.3 Å². The van der Waals surface area contributed by atoms with E-state index in [4.69, 9.17) is 4.74 Å². The second kappa shape index (κ2) is 6.97. The Morgan fingerprint density at radius 1 is 1.29 bits per heavy atom. The zero-order valence-corrected chi connectivity index (χ0v) is 10.6. The van der Waals surface area contributed by atoms with Crippen LogP contribution in [0.5, 0.6) is 0 Å². The summed E-state index contributed by atoms with van der Waals surface area (Å²) in [6.07, 6.45) is 6.03. The lowest BCUT2D eigenvalue weighted by molar-refractivity contribution is -0.129. The quantitative estimate of drug-likeness (QED) is 0.644. The number of nitrogens with zero attached hydrogens (tertiary/aromatic N) is 1. The zero-order valence-electron chi connectivity index (χ0n) is 10.6. The van der Waals surface area contributed by atoms with Crippen molar-refractivity contribution < 1.29 is 9.53 Å². The average Bonchev–Trinajstić information content (AvgIpc) is 2.99. The van der Waals surface area contributed by atoms with Gasteiger partial charge in [0.25, 0.3) is 0 Å². The highest BCUT2D eigenvalue weighted by Gasteiger charge is 2.20. The first-order valence-corrected chi connectivity index (χ1v) is 6.92. The molecular weight excluding hydrogens is 216 g/mol. The molecule has 0 aromatic carbocycles. The number of carbonyl (C=O) groups is 1. The van der Waals surface area contributed by atoms with Crippen LogP contribution in [0.25, 0.3) is 0 Å². The standard InChI is InChI=1S/C13H24N2O2/c16-13(15-7-1-2-8-15)10-14-6-3-9-17-11-12-4-5-12/h12,14H,1-11H2. The first-order chi connectivity index (χ1) is 8.36. The molecular formula is C13H24N2O2. The molecule has 0 aromatic rings. The van der Waals surface area contributed by atoms with Crippen molar-refractivity contribution in [1.82, 2.24) is 10.2 Å². The van der Waals surface area contributed by atoms with E-state index in [1.54, 1.807) is 0 Å². The minimum atomic E-state index is 0.251. The highest BCUT2D eigenvalue weighted by molar-refractivity contribution is 5.78. The van der Waals surface area contributed by atoms with Crippen LogP contribution >= 0.6 is 0 Å². The summed E-state index contributed by atoms with van der Waals surface area (Å²) in [6.45, 7) is 5.02. The maximum Gasteiger partial charge on any atom is 0.236 e. The second-order valence-corrected chi connectivity index (χ2v) is 5.14. The number of hydrogen-bond acceptors (Lipinski definition) is 3. The second-order valence-electron chi connectivity index (χ2n) is 5.14. The van der Waals surface area contributed by atoms with Crippen molar-refractivity contribution in [2.24, 2.45) is 5.92 Å². The predicted octanol–water partition coefficient (Wildman–Crippen LogP) is 1.02. The fourth-order valence-electron chi connectivity index (χ4n) is 2.11. The number of likely N-dealkylation sites (tertiary alicyclic amines) is 1. The third-order valence-electron chi connectivity index (χ3n) is 3.43. The molecule has 98 valence electrons. The van der Waals surface area contributed by atoms with Crippen molar-refractivity contribution in [3.8, 4) is 0 Å². The maximum absolute atomic E-state index is 11.7. The van der Waals surface area contributed by atoms with Crippen molar-refractivity contribution in [1.29, 1.82) is 0 Å². The van der Waals surface area contributed by atoms with Crippen molar-refractivity contribution in [2.45, 2.75) is 32.1 Å². The molecule has 0 aromatic heterocycles. The van der Waals surface area contributed by atoms with Gasteiger partial charge in [-0.3, -0.25) is 4.79 Å². The van der Waals surface area contributed by atoms with Crippen molar-refractivity contribution >= 4 is 5.91 Å². The Morgan fingerprint density at radius 3 is 2.76 bits per heavy atom. The van der Waals surface area contributed by atoms with Gasteiger partial charge in [-0.15, -0.1) is 0 Å². The van der Waals surface area contributed by atoms with Gasteiger partial charge in [0.2, 0.25) is 5.91 Å². The Labute approximate surface area is 104 Å². The maximum atomic E-state index is 11.7. The van der Waals surface area contributed by atoms with Crippen LogP contribution in [0.2, 0.25) is 0 Å². The topological polar surface area (TPSA) is 41.6 Å². The molecule has 0 spiro atoms. The van der Waals surface area contributed by atoms with Crippen LogP contribution in [0.1, 0.15) is 32.1 Å². The molecule has 0 bridgehead atoms. The molecule has 1 saturated heterocycles. The Hall–Kier alpha value is -0.610. The van der Waals surface area contributed by atoms with Gasteiger partial charge in [-0.05, 0) is 44.6 Å². The summed E-state index contributed by atoms with van der Waals surface area (Å²) in [5.74, 6) is 1.10. The summed E-state index contributed by atoms with van der Waals surface area (Å²) in [6, 6.07) is 0. The number of rotatable bonds is 8. The molecule has 1 aliphatic carbocycles. The summed E-state index contributed by atoms with van der Waals surface area (Å²) in [4.78, 5) is 13.6. The SMILES string of the molecule is O=C(CNCCCOCC1CC1)N1CCCC1. The molecule has 0 unspecified atom stereocenters. The molecule has 17 heavy (non-hydrogen) atoms. The fourth-order valence-corrected chi connectivity index (χ4v) is 2.11. The molecule has 0 atom stereocenters. The van der Waals surface area contributed by atoms with Gasteiger partial charge in [0.1, 0.15) is 0 Å². The number of nitrogens with one attached hydrogen (secondary N) is 1. The lowest BCUT2D eigenvalue weighted by Crippen LogP contribution is -2.36. The average molecular weight is 240 g/mol. The molecule has 4 nitrogen and oxygen atoms in total. The smallest absolute Gasteiger partial charge is 0.236 e. The monoisotopic (exact) mass is 240 g/mol. The van der Waals surface area contributed by atoms with Gasteiger partial charge >= 0.3 is 0 Å². The fraction of sp³-hybridized carbons (Fsp3) is 0.923. The van der Waals surface area contributed by atoms with Gasteiger partial charge in [-0.2, -0.15) is 0 Å². The highest BCUT2D eigenvalue weighted by Crippen LogP contribution is 2.28. The molecule has 2 rings (SSSR count). The van der Waals surface area contributed by atoms with E-state index in [-0.39, 0.29) is 5.91 Å². The molecule has 2 fully saturated rings. The third kappa shape index (κ3) is 5.04. The van der Waals surface area contributed by atoms with Crippen LogP contribution < -0.4 is 5.32 Å². The largest absolute Gasteiger partial charge is 0.381 e. The van der Waals surface area contributed by atoms with Gasteiger partial charge in [0.05, 0.1) is 6.54 Å². The van der Waals surface area contributed by atoms with Gasteiger partial charge in [-0.25, -0.2) is 0 Å². The molecule has 2 aliphatic rings. The van der Waals surface area contributed by atoms with E-state index in [0.29, 0.717) is 6.54 Å². The van der Waals surface area contributed by atoms with E-state index in [1.807, 2.05) is 4.90 Å². The van der Waals surface area contributed by atoms with Crippen molar-refractivity contribution in [3.05, 3.63) is 0 Å². The van der Waals surface area contributed by atoms with Gasteiger partial charge < -0.3 is 15.0 Å². The van der Waals surface area contributed by atoms with Gasteiger partial charge in [0.15, 0.2) is 0 Å². The first-order valence-electron chi connectivity index (χ1n) is 6.92. The van der Waals surface area contributed by atoms with E-state index in [9.17, 15) is 4.79 Å². The van der Waals surface area contributed by atoms with Crippen molar-refractivity contribution in [3.63, 3.8) is 0 Å². The number of hydrogen-bond donors (Lipinski definition) is 1. The molecule has 1 saturated carbocycles. The van der Waals surface area contributed by atoms with Crippen LogP contribution in [0.3, 0.4) is 0 Å². The van der Waals surface area contributed by atoms with Crippen LogP contribution in [0.15, 0.2) is 0 Å². The summed E-state index contributed by atoms with van der Waals surface area (Å²) in [5.41, 5.74) is 0. The summed E-state index contributed by atoms with van der Waals surface area (Å²) in [5, 5.41) is 3.19. The molecule has 0 radical (unpaired) electrons.